The Labute approximate surface area is 120 Å². The number of benzene rings is 1. The summed E-state index contributed by atoms with van der Waals surface area (Å²) < 4.78 is 10.2. The number of hydrogen-bond acceptors (Lipinski definition) is 5. The first kappa shape index (κ1) is 16.5. The fraction of sp³-hybridized carbons (Fsp3) is 0.533. The van der Waals surface area contributed by atoms with Gasteiger partial charge in [0, 0.05) is 19.6 Å². The van der Waals surface area contributed by atoms with E-state index in [-0.39, 0.29) is 5.97 Å². The second-order valence-electron chi connectivity index (χ2n) is 4.68. The highest BCUT2D eigenvalue weighted by atomic mass is 16.5. The minimum Gasteiger partial charge on any atom is -0.494 e. The lowest BCUT2D eigenvalue weighted by atomic mass is 10.2. The molecule has 112 valence electrons. The maximum absolute atomic E-state index is 11.0. The van der Waals surface area contributed by atoms with Crippen LogP contribution in [-0.4, -0.2) is 44.7 Å². The average molecular weight is 280 g/mol. The Morgan fingerprint density at radius 3 is 2.55 bits per heavy atom. The molecule has 0 aliphatic carbocycles. The van der Waals surface area contributed by atoms with E-state index in [2.05, 4.69) is 9.64 Å². The third-order valence-electron chi connectivity index (χ3n) is 3.04. The molecular weight excluding hydrogens is 256 g/mol. The Balaban J connectivity index is 2.12. The number of hydrogen-bond donors (Lipinski definition) is 1. The largest absolute Gasteiger partial charge is 0.494 e. The molecule has 0 bridgehead atoms. The van der Waals surface area contributed by atoms with E-state index in [0.717, 1.165) is 24.3 Å². The Morgan fingerprint density at radius 2 is 1.95 bits per heavy atom. The lowest BCUT2D eigenvalue weighted by Crippen LogP contribution is -2.24. The Hall–Kier alpha value is -1.59. The van der Waals surface area contributed by atoms with Crippen LogP contribution in [0.4, 0.5) is 0 Å². The van der Waals surface area contributed by atoms with Crippen LogP contribution in [0, 0.1) is 0 Å². The van der Waals surface area contributed by atoms with Crippen molar-refractivity contribution in [3.05, 3.63) is 29.8 Å². The van der Waals surface area contributed by atoms with Gasteiger partial charge in [0.1, 0.15) is 5.75 Å². The van der Waals surface area contributed by atoms with Gasteiger partial charge in [-0.15, -0.1) is 0 Å². The molecule has 5 nitrogen and oxygen atoms in total. The monoisotopic (exact) mass is 280 g/mol. The van der Waals surface area contributed by atoms with Crippen LogP contribution in [0.2, 0.25) is 0 Å². The minimum atomic E-state index is -0.173. The van der Waals surface area contributed by atoms with Crippen LogP contribution < -0.4 is 10.5 Å². The summed E-state index contributed by atoms with van der Waals surface area (Å²) in [6.07, 6.45) is 1.34. The van der Waals surface area contributed by atoms with Gasteiger partial charge in [0.15, 0.2) is 0 Å². The molecule has 0 saturated carbocycles. The molecule has 0 aromatic heterocycles. The number of nitrogens with zero attached hydrogens (tertiary/aromatic N) is 1. The average Bonchev–Trinajstić information content (AvgIpc) is 2.49. The first-order valence-corrected chi connectivity index (χ1v) is 6.83. The van der Waals surface area contributed by atoms with Crippen molar-refractivity contribution in [2.45, 2.75) is 19.4 Å². The van der Waals surface area contributed by atoms with Crippen LogP contribution in [0.25, 0.3) is 0 Å². The predicted octanol–water partition coefficient (Wildman–Crippen LogP) is 1.41. The van der Waals surface area contributed by atoms with Gasteiger partial charge in [-0.1, -0.05) is 12.1 Å². The van der Waals surface area contributed by atoms with Gasteiger partial charge in [-0.05, 0) is 31.2 Å². The smallest absolute Gasteiger partial charge is 0.306 e. The molecule has 0 heterocycles. The zero-order valence-electron chi connectivity index (χ0n) is 12.3. The molecule has 20 heavy (non-hydrogen) atoms. The van der Waals surface area contributed by atoms with Crippen molar-refractivity contribution in [2.75, 3.05) is 33.9 Å². The maximum atomic E-state index is 11.0. The molecule has 1 aromatic rings. The molecule has 0 spiro atoms. The molecule has 1 rings (SSSR count). The molecule has 0 radical (unpaired) electrons. The maximum Gasteiger partial charge on any atom is 0.306 e. The zero-order chi connectivity index (χ0) is 14.8. The van der Waals surface area contributed by atoms with Crippen molar-refractivity contribution in [1.29, 1.82) is 0 Å². The molecule has 0 aliphatic rings. The van der Waals surface area contributed by atoms with Crippen molar-refractivity contribution >= 4 is 5.97 Å². The Kier molecular flexibility index (Phi) is 7.69. The summed E-state index contributed by atoms with van der Waals surface area (Å²) in [7, 11) is 3.39. The lowest BCUT2D eigenvalue weighted by Gasteiger charge is -2.15. The van der Waals surface area contributed by atoms with Gasteiger partial charge >= 0.3 is 5.97 Å². The van der Waals surface area contributed by atoms with Crippen LogP contribution in [0.15, 0.2) is 24.3 Å². The topological polar surface area (TPSA) is 64.8 Å². The number of carbonyl (C=O) groups excluding carboxylic acids is 1. The molecule has 0 aliphatic heterocycles. The summed E-state index contributed by atoms with van der Waals surface area (Å²) in [6, 6.07) is 7.81. The van der Waals surface area contributed by atoms with Gasteiger partial charge in [0.05, 0.1) is 20.1 Å². The molecule has 0 atom stereocenters. The van der Waals surface area contributed by atoms with Crippen LogP contribution in [0.5, 0.6) is 5.75 Å². The van der Waals surface area contributed by atoms with Crippen molar-refractivity contribution in [2.24, 2.45) is 5.73 Å². The number of carbonyl (C=O) groups is 1. The van der Waals surface area contributed by atoms with Crippen LogP contribution in [0.1, 0.15) is 18.4 Å². The first-order valence-electron chi connectivity index (χ1n) is 6.83. The fourth-order valence-electron chi connectivity index (χ4n) is 1.74. The van der Waals surface area contributed by atoms with E-state index < -0.39 is 0 Å². The van der Waals surface area contributed by atoms with Gasteiger partial charge in [0.2, 0.25) is 0 Å². The van der Waals surface area contributed by atoms with Gasteiger partial charge in [-0.2, -0.15) is 0 Å². The normalized spacial score (nSPS) is 10.6. The van der Waals surface area contributed by atoms with E-state index in [4.69, 9.17) is 10.5 Å². The molecule has 2 N–H and O–H groups in total. The molecule has 0 fully saturated rings. The van der Waals surface area contributed by atoms with Crippen LogP contribution in [0.3, 0.4) is 0 Å². The summed E-state index contributed by atoms with van der Waals surface area (Å²) in [5, 5.41) is 0. The summed E-state index contributed by atoms with van der Waals surface area (Å²) in [5.41, 5.74) is 6.63. The highest BCUT2D eigenvalue weighted by Crippen LogP contribution is 2.11. The molecule has 0 saturated heterocycles. The number of esters is 1. The molecule has 0 unspecified atom stereocenters. The molecule has 1 aromatic carbocycles. The van der Waals surface area contributed by atoms with E-state index in [1.54, 1.807) is 0 Å². The summed E-state index contributed by atoms with van der Waals surface area (Å²) >= 11 is 0. The van der Waals surface area contributed by atoms with E-state index in [9.17, 15) is 4.79 Å². The predicted molar refractivity (Wildman–Crippen MR) is 78.6 cm³/mol. The second kappa shape index (κ2) is 9.34. The third kappa shape index (κ3) is 6.54. The molecule has 5 heteroatoms. The number of rotatable bonds is 9. The SMILES string of the molecule is COC(=O)CCN(C)CCCOc1ccc(CN)cc1. The van der Waals surface area contributed by atoms with E-state index in [1.807, 2.05) is 31.3 Å². The number of nitrogens with two attached hydrogens (primary N) is 1. The number of ether oxygens (including phenoxy) is 2. The Morgan fingerprint density at radius 1 is 1.25 bits per heavy atom. The van der Waals surface area contributed by atoms with Gasteiger partial charge in [-0.25, -0.2) is 0 Å². The van der Waals surface area contributed by atoms with E-state index in [0.29, 0.717) is 26.1 Å². The van der Waals surface area contributed by atoms with Gasteiger partial charge in [0.25, 0.3) is 0 Å². The quantitative estimate of drug-likeness (QED) is 0.547. The van der Waals surface area contributed by atoms with Gasteiger partial charge < -0.3 is 20.1 Å². The third-order valence-corrected chi connectivity index (χ3v) is 3.04. The lowest BCUT2D eigenvalue weighted by molar-refractivity contribution is -0.140. The highest BCUT2D eigenvalue weighted by Gasteiger charge is 2.04. The second-order valence-corrected chi connectivity index (χ2v) is 4.68. The van der Waals surface area contributed by atoms with Crippen LogP contribution >= 0.6 is 0 Å². The van der Waals surface area contributed by atoms with E-state index in [1.165, 1.54) is 7.11 Å². The highest BCUT2D eigenvalue weighted by molar-refractivity contribution is 5.69. The summed E-state index contributed by atoms with van der Waals surface area (Å²) in [4.78, 5) is 13.1. The van der Waals surface area contributed by atoms with Crippen LogP contribution in [-0.2, 0) is 16.1 Å². The van der Waals surface area contributed by atoms with Crippen molar-refractivity contribution in [3.63, 3.8) is 0 Å². The Bertz CT molecular complexity index is 393. The number of methoxy groups -OCH3 is 1. The summed E-state index contributed by atoms with van der Waals surface area (Å²) in [6.45, 7) is 2.80. The van der Waals surface area contributed by atoms with Crippen molar-refractivity contribution < 1.29 is 14.3 Å². The minimum absolute atomic E-state index is 0.173. The molecular formula is C15H24N2O3. The standard InChI is InChI=1S/C15H24N2O3/c1-17(10-8-15(18)19-2)9-3-11-20-14-6-4-13(12-16)5-7-14/h4-7H,3,8-12,16H2,1-2H3. The van der Waals surface area contributed by atoms with E-state index >= 15 is 0 Å². The fourth-order valence-corrected chi connectivity index (χ4v) is 1.74. The van der Waals surface area contributed by atoms with Crippen molar-refractivity contribution in [1.82, 2.24) is 4.90 Å². The van der Waals surface area contributed by atoms with Gasteiger partial charge in [-0.3, -0.25) is 4.79 Å². The summed E-state index contributed by atoms with van der Waals surface area (Å²) in [5.74, 6) is 0.688. The first-order chi connectivity index (χ1) is 9.65. The van der Waals surface area contributed by atoms with Crippen molar-refractivity contribution in [3.8, 4) is 5.75 Å². The zero-order valence-corrected chi connectivity index (χ0v) is 12.3. The molecule has 0 amide bonds.